The molecule has 4 aromatic heterocycles. The minimum Gasteiger partial charge on any atom is -0.497 e. The zero-order chi connectivity index (χ0) is 61.4. The van der Waals surface area contributed by atoms with Crippen LogP contribution in [0.1, 0.15) is 0 Å². The summed E-state index contributed by atoms with van der Waals surface area (Å²) in [5.41, 5.74) is 7.38. The topological polar surface area (TPSA) is 86.8 Å². The zero-order valence-corrected chi connectivity index (χ0v) is 53.6. The Kier molecular flexibility index (Phi) is 17.9. The number of methoxy groups -OCH3 is 8. The van der Waals surface area contributed by atoms with E-state index < -0.39 is 6.15 Å². The SMILES string of the molecule is COc1cccc(N(c2cccc(OC)c2)c2ccc([B-](c3ccc(N(c4cccc(OC)c4)c4cccc(OC)c4)s3)(c3ccc(N(c4cccc(OC)c4)c4cccc(OC)c4)s3)c3ccc(N(c4cccc(OC)c4)c4cccc(OC)c4)s3)s2)c1. The van der Waals surface area contributed by atoms with Gasteiger partial charge in [-0.25, -0.2) is 0 Å². The minimum atomic E-state index is -2.17. The van der Waals surface area contributed by atoms with E-state index in [-0.39, 0.29) is 0 Å². The van der Waals surface area contributed by atoms with Gasteiger partial charge in [-0.3, -0.25) is 0 Å². The molecule has 0 aliphatic rings. The molecule has 0 aliphatic heterocycles. The maximum absolute atomic E-state index is 5.89. The highest BCUT2D eigenvalue weighted by atomic mass is 32.1. The Hall–Kier alpha value is -9.78. The lowest BCUT2D eigenvalue weighted by Gasteiger charge is -2.39. The summed E-state index contributed by atoms with van der Waals surface area (Å²) in [6, 6.07) is 83.9. The number of rotatable bonds is 24. The van der Waals surface area contributed by atoms with Gasteiger partial charge in [-0.15, -0.1) is 19.1 Å². The first-order chi connectivity index (χ1) is 43.7. The van der Waals surface area contributed by atoms with E-state index in [2.05, 4.69) is 165 Å². The zero-order valence-electron chi connectivity index (χ0n) is 50.4. The lowest BCUT2D eigenvalue weighted by atomic mass is 9.22. The van der Waals surface area contributed by atoms with Crippen LogP contribution in [0.5, 0.6) is 46.0 Å². The van der Waals surface area contributed by atoms with Crippen LogP contribution < -0.4 is 76.6 Å². The third kappa shape index (κ3) is 12.0. The Balaban J connectivity index is 1.17. The number of hydrogen-bond donors (Lipinski definition) is 0. The molecule has 0 aliphatic carbocycles. The number of benzene rings is 8. The molecule has 89 heavy (non-hydrogen) atoms. The van der Waals surface area contributed by atoms with Crippen molar-refractivity contribution in [2.45, 2.75) is 0 Å². The van der Waals surface area contributed by atoms with E-state index in [1.807, 2.05) is 97.1 Å². The number of thiophene rings is 4. The third-order valence-electron chi connectivity index (χ3n) is 15.5. The van der Waals surface area contributed by atoms with Crippen molar-refractivity contribution in [2.75, 3.05) is 76.5 Å². The van der Waals surface area contributed by atoms with Crippen molar-refractivity contribution in [3.8, 4) is 46.0 Å². The quantitative estimate of drug-likeness (QED) is 0.0540. The van der Waals surface area contributed by atoms with Gasteiger partial charge in [0.05, 0.1) is 122 Å². The van der Waals surface area contributed by atoms with Crippen LogP contribution in [-0.4, -0.2) is 63.0 Å². The van der Waals surface area contributed by atoms with Gasteiger partial charge in [0.1, 0.15) is 52.1 Å². The van der Waals surface area contributed by atoms with Crippen LogP contribution in [0.3, 0.4) is 0 Å². The summed E-state index contributed by atoms with van der Waals surface area (Å²) in [5, 5.41) is 3.93. The maximum Gasteiger partial charge on any atom is 0.150 e. The summed E-state index contributed by atoms with van der Waals surface area (Å²) in [6.07, 6.45) is -2.17. The largest absolute Gasteiger partial charge is 0.497 e. The first-order valence-electron chi connectivity index (χ1n) is 28.6. The molecule has 17 heteroatoms. The number of ether oxygens (including phenoxy) is 8. The van der Waals surface area contributed by atoms with Gasteiger partial charge in [-0.1, -0.05) is 72.8 Å². The van der Waals surface area contributed by atoms with Crippen LogP contribution in [0.4, 0.5) is 65.5 Å². The van der Waals surface area contributed by atoms with Gasteiger partial charge in [0.15, 0.2) is 0 Å². The average molecular weight is 1250 g/mol. The molecule has 8 aromatic carbocycles. The molecule has 0 radical (unpaired) electrons. The van der Waals surface area contributed by atoms with Crippen molar-refractivity contribution in [1.82, 2.24) is 0 Å². The van der Waals surface area contributed by atoms with Gasteiger partial charge in [-0.05, 0) is 121 Å². The van der Waals surface area contributed by atoms with Gasteiger partial charge >= 0.3 is 0 Å². The second kappa shape index (κ2) is 26.7. The highest BCUT2D eigenvalue weighted by Gasteiger charge is 2.40. The van der Waals surface area contributed by atoms with E-state index in [0.717, 1.165) is 131 Å². The monoisotopic (exact) mass is 1250 g/mol. The third-order valence-corrected chi connectivity index (χ3v) is 20.5. The van der Waals surface area contributed by atoms with E-state index >= 15 is 0 Å². The Morgan fingerprint density at radius 3 is 0.517 bits per heavy atom. The summed E-state index contributed by atoms with van der Waals surface area (Å²) in [5.74, 6) is 5.88. The van der Waals surface area contributed by atoms with E-state index in [1.165, 1.54) is 0 Å². The first kappa shape index (κ1) is 59.6. The summed E-state index contributed by atoms with van der Waals surface area (Å²) < 4.78 is 51.7. The number of nitrogens with zero attached hydrogens (tertiary/aromatic N) is 4. The summed E-state index contributed by atoms with van der Waals surface area (Å²) in [7, 11) is 13.6. The van der Waals surface area contributed by atoms with Crippen LogP contribution in [-0.2, 0) is 0 Å². The molecular weight excluding hydrogens is 1190 g/mol. The van der Waals surface area contributed by atoms with Crippen molar-refractivity contribution >= 4 is 136 Å². The second-order valence-corrected chi connectivity index (χ2v) is 24.9. The standard InChI is InChI=1S/C72H64BN4O8S4/c1-78-57-25-9-17-49(41-57)74(50-18-10-26-58(42-50)79-2)69-37-33-65(86-69)73(66-34-38-70(87-66)75(51-19-11-27-59(43-51)80-3)52-20-12-28-60(44-52)81-4,67-35-39-71(88-67)76(53-21-13-29-61(45-53)82-5)54-22-14-30-62(46-54)83-6)68-36-40-72(89-68)77(55-23-15-31-63(47-55)84-7)56-24-16-32-64(48-56)85-8/h9-48H,1-8H3/q-1. The molecule has 0 N–H and O–H groups in total. The van der Waals surface area contributed by atoms with Crippen LogP contribution in [0.15, 0.2) is 243 Å². The predicted octanol–water partition coefficient (Wildman–Crippen LogP) is 17.3. The van der Waals surface area contributed by atoms with E-state index in [9.17, 15) is 0 Å². The van der Waals surface area contributed by atoms with Gasteiger partial charge < -0.3 is 57.5 Å². The van der Waals surface area contributed by atoms with Gasteiger partial charge in [0.2, 0.25) is 0 Å². The van der Waals surface area contributed by atoms with Crippen LogP contribution in [0.25, 0.3) is 0 Å². The molecule has 0 amide bonds. The van der Waals surface area contributed by atoms with Crippen molar-refractivity contribution < 1.29 is 37.9 Å². The van der Waals surface area contributed by atoms with E-state index in [0.29, 0.717) is 0 Å². The van der Waals surface area contributed by atoms with Crippen molar-refractivity contribution in [3.05, 3.63) is 243 Å². The summed E-state index contributed by atoms with van der Waals surface area (Å²) >= 11 is 7.05. The molecule has 4 heterocycles. The maximum atomic E-state index is 5.89. The van der Waals surface area contributed by atoms with Gasteiger partial charge in [0.25, 0.3) is 0 Å². The molecule has 0 fully saturated rings. The van der Waals surface area contributed by atoms with Crippen LogP contribution >= 0.6 is 45.3 Å². The fourth-order valence-electron chi connectivity index (χ4n) is 11.2. The molecule has 0 bridgehead atoms. The predicted molar refractivity (Wildman–Crippen MR) is 373 cm³/mol. The summed E-state index contributed by atoms with van der Waals surface area (Å²) in [6.45, 7) is 0. The smallest absolute Gasteiger partial charge is 0.150 e. The van der Waals surface area contributed by atoms with E-state index in [4.69, 9.17) is 37.9 Å². The molecule has 12 aromatic rings. The Labute approximate surface area is 535 Å². The van der Waals surface area contributed by atoms with Gasteiger partial charge in [0, 0.05) is 48.5 Å². The minimum absolute atomic E-state index is 0.735. The molecule has 0 atom stereocenters. The van der Waals surface area contributed by atoms with Crippen molar-refractivity contribution in [1.29, 1.82) is 0 Å². The van der Waals surface area contributed by atoms with E-state index in [1.54, 1.807) is 102 Å². The Bertz CT molecular complexity index is 3650. The molecule has 0 spiro atoms. The lowest BCUT2D eigenvalue weighted by Crippen LogP contribution is -2.72. The average Bonchev–Trinajstić information content (AvgIpc) is 1.71. The fraction of sp³-hybridized carbons (Fsp3) is 0.111. The van der Waals surface area contributed by atoms with Crippen LogP contribution in [0.2, 0.25) is 0 Å². The Morgan fingerprint density at radius 2 is 0.371 bits per heavy atom. The molecule has 12 rings (SSSR count). The molecule has 12 nitrogen and oxygen atoms in total. The van der Waals surface area contributed by atoms with Gasteiger partial charge in [-0.2, -0.15) is 45.3 Å². The molecular formula is C72H64BN4O8S4-. The fourth-order valence-corrected chi connectivity index (χ4v) is 17.2. The molecule has 0 unspecified atom stereocenters. The number of hydrogen-bond acceptors (Lipinski definition) is 16. The number of anilines is 12. The normalized spacial score (nSPS) is 11.1. The molecule has 0 saturated heterocycles. The van der Waals surface area contributed by atoms with Crippen LogP contribution in [0, 0.1) is 0 Å². The molecule has 0 saturated carbocycles. The molecule has 448 valence electrons. The highest BCUT2D eigenvalue weighted by Crippen LogP contribution is 2.47. The van der Waals surface area contributed by atoms with Crippen molar-refractivity contribution in [2.24, 2.45) is 0 Å². The first-order valence-corrected chi connectivity index (χ1v) is 31.8. The Morgan fingerprint density at radius 1 is 0.213 bits per heavy atom. The summed E-state index contributed by atoms with van der Waals surface area (Å²) in [4.78, 5) is 9.14. The second-order valence-electron chi connectivity index (χ2n) is 20.5. The van der Waals surface area contributed by atoms with Crippen molar-refractivity contribution in [3.63, 3.8) is 0 Å². The highest BCUT2D eigenvalue weighted by molar-refractivity contribution is 7.55. The lowest BCUT2D eigenvalue weighted by molar-refractivity contribution is 0.414.